The van der Waals surface area contributed by atoms with E-state index in [-0.39, 0.29) is 5.56 Å². The predicted octanol–water partition coefficient (Wildman–Crippen LogP) is 5.40. The number of nitrogens with zero attached hydrogens (tertiary/aromatic N) is 3. The van der Waals surface area contributed by atoms with Crippen molar-refractivity contribution in [2.75, 3.05) is 7.11 Å². The number of rotatable bonds is 5. The van der Waals surface area contributed by atoms with Crippen LogP contribution in [0.1, 0.15) is 23.2 Å². The van der Waals surface area contributed by atoms with Crippen molar-refractivity contribution in [1.29, 1.82) is 0 Å². The van der Waals surface area contributed by atoms with Crippen molar-refractivity contribution < 1.29 is 13.5 Å². The molecule has 0 amide bonds. The molecule has 0 fully saturated rings. The van der Waals surface area contributed by atoms with E-state index >= 15 is 0 Å². The van der Waals surface area contributed by atoms with Gasteiger partial charge in [0.1, 0.15) is 5.75 Å². The molecule has 0 spiro atoms. The lowest BCUT2D eigenvalue weighted by atomic mass is 10.1. The lowest BCUT2D eigenvalue weighted by molar-refractivity contribution is 0.153. The first-order chi connectivity index (χ1) is 13.6. The summed E-state index contributed by atoms with van der Waals surface area (Å²) in [4.78, 5) is 4.69. The zero-order valence-corrected chi connectivity index (χ0v) is 15.6. The minimum atomic E-state index is -2.62. The van der Waals surface area contributed by atoms with Crippen LogP contribution in [-0.4, -0.2) is 21.9 Å². The van der Waals surface area contributed by atoms with Crippen LogP contribution in [-0.2, 0) is 6.54 Å². The van der Waals surface area contributed by atoms with E-state index in [4.69, 9.17) is 4.74 Å². The quantitative estimate of drug-likeness (QED) is 0.466. The number of ether oxygens (including phenoxy) is 1. The number of halogens is 2. The first-order valence-electron chi connectivity index (χ1n) is 8.91. The van der Waals surface area contributed by atoms with Crippen molar-refractivity contribution in [2.24, 2.45) is 0 Å². The molecule has 4 rings (SSSR count). The van der Waals surface area contributed by atoms with Crippen LogP contribution in [0.3, 0.4) is 0 Å². The minimum Gasteiger partial charge on any atom is -0.497 e. The molecule has 6 heteroatoms. The van der Waals surface area contributed by atoms with Crippen molar-refractivity contribution in [3.05, 3.63) is 77.5 Å². The van der Waals surface area contributed by atoms with Crippen molar-refractivity contribution in [3.8, 4) is 17.0 Å². The first kappa shape index (κ1) is 18.1. The Morgan fingerprint density at radius 1 is 1.04 bits per heavy atom. The van der Waals surface area contributed by atoms with Gasteiger partial charge in [0.15, 0.2) is 5.65 Å². The van der Waals surface area contributed by atoms with Gasteiger partial charge >= 0.3 is 0 Å². The molecule has 0 atom stereocenters. The number of hydrogen-bond acceptors (Lipinski definition) is 3. The number of fused-ring (bicyclic) bond motifs is 1. The number of methoxy groups -OCH3 is 1. The minimum absolute atomic E-state index is 0.0485. The summed E-state index contributed by atoms with van der Waals surface area (Å²) in [6, 6.07) is 18.4. The van der Waals surface area contributed by atoms with Crippen molar-refractivity contribution >= 4 is 11.0 Å². The molecule has 0 aliphatic rings. The lowest BCUT2D eigenvalue weighted by Crippen LogP contribution is -2.03. The highest BCUT2D eigenvalue weighted by Crippen LogP contribution is 2.33. The fourth-order valence-electron chi connectivity index (χ4n) is 3.34. The average Bonchev–Trinajstić information content (AvgIpc) is 3.03. The first-order valence-corrected chi connectivity index (χ1v) is 8.91. The van der Waals surface area contributed by atoms with Gasteiger partial charge in [-0.2, -0.15) is 5.10 Å². The fourth-order valence-corrected chi connectivity index (χ4v) is 3.34. The molecule has 2 aromatic carbocycles. The Labute approximate surface area is 161 Å². The van der Waals surface area contributed by atoms with Crippen LogP contribution in [0.25, 0.3) is 22.3 Å². The van der Waals surface area contributed by atoms with E-state index in [1.807, 2.05) is 42.5 Å². The van der Waals surface area contributed by atoms with Crippen molar-refractivity contribution in [1.82, 2.24) is 14.8 Å². The Morgan fingerprint density at radius 2 is 1.75 bits per heavy atom. The molecule has 0 N–H and O–H groups in total. The summed E-state index contributed by atoms with van der Waals surface area (Å²) in [5.41, 5.74) is 3.23. The normalized spacial score (nSPS) is 11.3. The smallest absolute Gasteiger partial charge is 0.264 e. The predicted molar refractivity (Wildman–Crippen MR) is 105 cm³/mol. The van der Waals surface area contributed by atoms with Crippen molar-refractivity contribution in [2.45, 2.75) is 19.9 Å². The second-order valence-corrected chi connectivity index (χ2v) is 6.55. The Hall–Kier alpha value is -3.28. The van der Waals surface area contributed by atoms with Crippen LogP contribution in [0.5, 0.6) is 5.75 Å². The number of aryl methyl sites for hydroxylation is 1. The number of aromatic nitrogens is 3. The molecule has 2 aromatic heterocycles. The summed E-state index contributed by atoms with van der Waals surface area (Å²) in [5, 5.41) is 4.91. The van der Waals surface area contributed by atoms with Crippen LogP contribution in [0, 0.1) is 6.92 Å². The van der Waals surface area contributed by atoms with Gasteiger partial charge in [0.2, 0.25) is 0 Å². The van der Waals surface area contributed by atoms with E-state index in [9.17, 15) is 8.78 Å². The summed E-state index contributed by atoms with van der Waals surface area (Å²) in [6.45, 7) is 2.21. The maximum absolute atomic E-state index is 13.8. The topological polar surface area (TPSA) is 39.9 Å². The Kier molecular flexibility index (Phi) is 4.77. The third-order valence-corrected chi connectivity index (χ3v) is 4.70. The highest BCUT2D eigenvalue weighted by Gasteiger charge is 2.21. The number of alkyl halides is 2. The van der Waals surface area contributed by atoms with Gasteiger partial charge in [-0.25, -0.2) is 18.4 Å². The van der Waals surface area contributed by atoms with Crippen LogP contribution in [0.2, 0.25) is 0 Å². The second-order valence-electron chi connectivity index (χ2n) is 6.55. The van der Waals surface area contributed by atoms with E-state index < -0.39 is 6.43 Å². The Morgan fingerprint density at radius 3 is 2.39 bits per heavy atom. The number of hydrogen-bond donors (Lipinski definition) is 0. The Bertz CT molecular complexity index is 1110. The van der Waals surface area contributed by atoms with Crippen LogP contribution in [0.15, 0.2) is 60.7 Å². The molecule has 2 heterocycles. The fraction of sp³-hybridized carbons (Fsp3) is 0.182. The molecule has 28 heavy (non-hydrogen) atoms. The number of pyridine rings is 1. The van der Waals surface area contributed by atoms with Crippen molar-refractivity contribution in [3.63, 3.8) is 0 Å². The molecule has 0 bridgehead atoms. The third kappa shape index (κ3) is 3.33. The summed E-state index contributed by atoms with van der Waals surface area (Å²) >= 11 is 0. The molecule has 4 aromatic rings. The highest BCUT2D eigenvalue weighted by atomic mass is 19.3. The van der Waals surface area contributed by atoms with Gasteiger partial charge in [0.05, 0.1) is 30.4 Å². The molecular weight excluding hydrogens is 360 g/mol. The molecular formula is C22H19F2N3O. The molecule has 0 unspecified atom stereocenters. The van der Waals surface area contributed by atoms with E-state index in [2.05, 4.69) is 10.1 Å². The summed E-state index contributed by atoms with van der Waals surface area (Å²) in [5.74, 6) is 0.698. The van der Waals surface area contributed by atoms with Gasteiger partial charge in [0, 0.05) is 11.1 Å². The van der Waals surface area contributed by atoms with E-state index in [0.29, 0.717) is 34.7 Å². The maximum atomic E-state index is 13.8. The molecule has 0 saturated carbocycles. The zero-order chi connectivity index (χ0) is 19.7. The number of benzene rings is 2. The Balaban J connectivity index is 1.88. The third-order valence-electron chi connectivity index (χ3n) is 4.70. The largest absolute Gasteiger partial charge is 0.497 e. The lowest BCUT2D eigenvalue weighted by Gasteiger charge is -2.09. The van der Waals surface area contributed by atoms with Gasteiger partial charge in [-0.1, -0.05) is 30.3 Å². The van der Waals surface area contributed by atoms with Gasteiger partial charge in [-0.05, 0) is 42.8 Å². The summed E-state index contributed by atoms with van der Waals surface area (Å²) < 4.78 is 34.6. The van der Waals surface area contributed by atoms with Crippen LogP contribution in [0.4, 0.5) is 8.78 Å². The van der Waals surface area contributed by atoms with E-state index in [0.717, 1.165) is 11.1 Å². The molecule has 142 valence electrons. The van der Waals surface area contributed by atoms with Crippen LogP contribution < -0.4 is 4.74 Å². The average molecular weight is 379 g/mol. The van der Waals surface area contributed by atoms with E-state index in [1.54, 1.807) is 30.8 Å². The molecule has 0 aliphatic heterocycles. The standard InChI is InChI=1S/C22H19F2N3O/c1-14-20-18(21(23)24)12-19(16-8-10-17(28-2)11-9-16)25-22(20)27(26-14)13-15-6-4-3-5-7-15/h3-12,21H,13H2,1-2H3. The molecule has 0 saturated heterocycles. The molecule has 0 aliphatic carbocycles. The zero-order valence-electron chi connectivity index (χ0n) is 15.6. The van der Waals surface area contributed by atoms with Gasteiger partial charge in [0.25, 0.3) is 6.43 Å². The van der Waals surface area contributed by atoms with Crippen LogP contribution >= 0.6 is 0 Å². The maximum Gasteiger partial charge on any atom is 0.264 e. The second kappa shape index (κ2) is 7.38. The summed E-state index contributed by atoms with van der Waals surface area (Å²) in [7, 11) is 1.58. The SMILES string of the molecule is COc1ccc(-c2cc(C(F)F)c3c(C)nn(Cc4ccccc4)c3n2)cc1. The van der Waals surface area contributed by atoms with Gasteiger partial charge in [-0.15, -0.1) is 0 Å². The summed E-state index contributed by atoms with van der Waals surface area (Å²) in [6.07, 6.45) is -2.62. The highest BCUT2D eigenvalue weighted by molar-refractivity contribution is 5.85. The van der Waals surface area contributed by atoms with Gasteiger partial charge < -0.3 is 4.74 Å². The van der Waals surface area contributed by atoms with E-state index in [1.165, 1.54) is 6.07 Å². The molecule has 0 radical (unpaired) electrons. The monoisotopic (exact) mass is 379 g/mol. The van der Waals surface area contributed by atoms with Gasteiger partial charge in [-0.3, -0.25) is 0 Å². The molecule has 4 nitrogen and oxygen atoms in total.